The minimum Gasteiger partial charge on any atom is -0.497 e. The summed E-state index contributed by atoms with van der Waals surface area (Å²) < 4.78 is 5.19. The molecule has 6 heteroatoms. The van der Waals surface area contributed by atoms with Gasteiger partial charge in [-0.05, 0) is 37.0 Å². The van der Waals surface area contributed by atoms with Crippen LogP contribution in [0.5, 0.6) is 5.75 Å². The van der Waals surface area contributed by atoms with E-state index in [9.17, 15) is 9.59 Å². The van der Waals surface area contributed by atoms with Crippen LogP contribution in [-0.4, -0.2) is 43.0 Å². The number of carbonyl (C=O) groups excluding carboxylic acids is 2. The first-order valence-electron chi connectivity index (χ1n) is 8.19. The average molecular weight is 329 g/mol. The number of amides is 2. The van der Waals surface area contributed by atoms with E-state index in [0.717, 1.165) is 24.2 Å². The van der Waals surface area contributed by atoms with E-state index < -0.39 is 0 Å². The van der Waals surface area contributed by atoms with Crippen LogP contribution in [-0.2, 0) is 16.0 Å². The fraction of sp³-hybridized carbons (Fsp3) is 0.500. The lowest BCUT2D eigenvalue weighted by Crippen LogP contribution is -2.46. The Hall–Kier alpha value is -2.55. The van der Waals surface area contributed by atoms with E-state index in [1.807, 2.05) is 35.2 Å². The molecule has 0 aliphatic carbocycles. The van der Waals surface area contributed by atoms with Crippen LogP contribution in [0.4, 0.5) is 0 Å². The number of piperidine rings is 1. The van der Waals surface area contributed by atoms with Crippen LogP contribution in [0.1, 0.15) is 31.2 Å². The number of aryl methyl sites for hydroxylation is 1. The van der Waals surface area contributed by atoms with Crippen molar-refractivity contribution in [2.24, 2.45) is 0 Å². The summed E-state index contributed by atoms with van der Waals surface area (Å²) in [5.41, 5.74) is 1.08. The number of hydrogen-bond acceptors (Lipinski definition) is 4. The number of benzene rings is 1. The molecular formula is C18H23N3O3. The van der Waals surface area contributed by atoms with Crippen molar-refractivity contribution >= 4 is 11.8 Å². The summed E-state index contributed by atoms with van der Waals surface area (Å²) in [4.78, 5) is 25.6. The Morgan fingerprint density at radius 1 is 1.38 bits per heavy atom. The maximum absolute atomic E-state index is 12.3. The molecule has 2 amide bonds. The van der Waals surface area contributed by atoms with Crippen LogP contribution in [0, 0.1) is 11.3 Å². The van der Waals surface area contributed by atoms with E-state index in [1.165, 1.54) is 0 Å². The SMILES string of the molecule is COc1cccc(CCC(=O)N2CCC(NC(=O)CC#N)CC2)c1. The standard InChI is InChI=1S/C18H23N3O3/c1-24-16-4-2-3-14(13-16)5-6-18(23)21-11-8-15(9-12-21)20-17(22)7-10-19/h2-4,13,15H,5-9,11-12H2,1H3,(H,20,22). The van der Waals surface area contributed by atoms with Gasteiger partial charge in [-0.3, -0.25) is 9.59 Å². The summed E-state index contributed by atoms with van der Waals surface area (Å²) in [5.74, 6) is 0.703. The summed E-state index contributed by atoms with van der Waals surface area (Å²) >= 11 is 0. The third-order valence-corrected chi connectivity index (χ3v) is 4.21. The largest absolute Gasteiger partial charge is 0.497 e. The Bertz CT molecular complexity index is 616. The third-order valence-electron chi connectivity index (χ3n) is 4.21. The normalized spacial score (nSPS) is 14.8. The van der Waals surface area contributed by atoms with Crippen molar-refractivity contribution in [1.29, 1.82) is 5.26 Å². The topological polar surface area (TPSA) is 82.4 Å². The first-order valence-corrected chi connectivity index (χ1v) is 8.19. The molecule has 1 aromatic carbocycles. The van der Waals surface area contributed by atoms with Crippen LogP contribution < -0.4 is 10.1 Å². The van der Waals surface area contributed by atoms with Gasteiger partial charge in [0.25, 0.3) is 0 Å². The molecule has 1 aliphatic rings. The minimum absolute atomic E-state index is 0.0632. The Kier molecular flexibility index (Phi) is 6.62. The van der Waals surface area contributed by atoms with Gasteiger partial charge in [0.1, 0.15) is 12.2 Å². The van der Waals surface area contributed by atoms with Crippen LogP contribution in [0.15, 0.2) is 24.3 Å². The second kappa shape index (κ2) is 8.92. The van der Waals surface area contributed by atoms with Crippen molar-refractivity contribution in [3.8, 4) is 11.8 Å². The molecule has 128 valence electrons. The predicted molar refractivity (Wildman–Crippen MR) is 89.3 cm³/mol. The van der Waals surface area contributed by atoms with Gasteiger partial charge in [0.05, 0.1) is 13.2 Å². The highest BCUT2D eigenvalue weighted by atomic mass is 16.5. The fourth-order valence-corrected chi connectivity index (χ4v) is 2.86. The molecule has 1 saturated heterocycles. The number of likely N-dealkylation sites (tertiary alicyclic amines) is 1. The summed E-state index contributed by atoms with van der Waals surface area (Å²) in [5, 5.41) is 11.3. The molecule has 0 radical (unpaired) electrons. The van der Waals surface area contributed by atoms with E-state index in [2.05, 4.69) is 5.32 Å². The molecule has 1 aliphatic heterocycles. The second-order valence-electron chi connectivity index (χ2n) is 5.91. The van der Waals surface area contributed by atoms with E-state index in [4.69, 9.17) is 10.00 Å². The zero-order valence-electron chi connectivity index (χ0n) is 14.0. The molecule has 0 aromatic heterocycles. The Morgan fingerprint density at radius 2 is 2.12 bits per heavy atom. The number of ether oxygens (including phenoxy) is 1. The lowest BCUT2D eigenvalue weighted by atomic mass is 10.0. The number of methoxy groups -OCH3 is 1. The van der Waals surface area contributed by atoms with E-state index >= 15 is 0 Å². The molecule has 2 rings (SSSR count). The van der Waals surface area contributed by atoms with E-state index in [1.54, 1.807) is 7.11 Å². The molecular weight excluding hydrogens is 306 g/mol. The lowest BCUT2D eigenvalue weighted by Gasteiger charge is -2.32. The number of nitrogens with zero attached hydrogens (tertiary/aromatic N) is 2. The van der Waals surface area contributed by atoms with Crippen molar-refractivity contribution in [1.82, 2.24) is 10.2 Å². The number of nitriles is 1. The van der Waals surface area contributed by atoms with Crippen LogP contribution in [0.2, 0.25) is 0 Å². The molecule has 0 bridgehead atoms. The summed E-state index contributed by atoms with van der Waals surface area (Å²) in [6.07, 6.45) is 2.53. The molecule has 1 heterocycles. The highest BCUT2D eigenvalue weighted by molar-refractivity contribution is 5.78. The molecule has 0 spiro atoms. The highest BCUT2D eigenvalue weighted by Gasteiger charge is 2.23. The highest BCUT2D eigenvalue weighted by Crippen LogP contribution is 2.16. The van der Waals surface area contributed by atoms with Gasteiger partial charge in [0.2, 0.25) is 11.8 Å². The predicted octanol–water partition coefficient (Wildman–Crippen LogP) is 1.65. The van der Waals surface area contributed by atoms with Gasteiger partial charge in [-0.15, -0.1) is 0 Å². The molecule has 0 saturated carbocycles. The molecule has 1 aromatic rings. The summed E-state index contributed by atoms with van der Waals surface area (Å²) in [6, 6.07) is 9.65. The smallest absolute Gasteiger partial charge is 0.234 e. The molecule has 1 fully saturated rings. The van der Waals surface area contributed by atoms with Gasteiger partial charge in [-0.1, -0.05) is 12.1 Å². The average Bonchev–Trinajstić information content (AvgIpc) is 2.60. The zero-order chi connectivity index (χ0) is 17.4. The molecule has 6 nitrogen and oxygen atoms in total. The van der Waals surface area contributed by atoms with E-state index in [-0.39, 0.29) is 24.3 Å². The van der Waals surface area contributed by atoms with Gasteiger partial charge in [0.15, 0.2) is 0 Å². The van der Waals surface area contributed by atoms with Gasteiger partial charge >= 0.3 is 0 Å². The minimum atomic E-state index is -0.236. The van der Waals surface area contributed by atoms with Crippen molar-refractivity contribution in [2.45, 2.75) is 38.1 Å². The van der Waals surface area contributed by atoms with Crippen molar-refractivity contribution in [3.63, 3.8) is 0 Å². The zero-order valence-corrected chi connectivity index (χ0v) is 14.0. The number of rotatable bonds is 6. The van der Waals surface area contributed by atoms with Gasteiger partial charge in [-0.25, -0.2) is 0 Å². The number of carbonyl (C=O) groups is 2. The van der Waals surface area contributed by atoms with Crippen LogP contribution >= 0.6 is 0 Å². The fourth-order valence-electron chi connectivity index (χ4n) is 2.86. The van der Waals surface area contributed by atoms with Crippen LogP contribution in [0.25, 0.3) is 0 Å². The molecule has 0 unspecified atom stereocenters. The molecule has 0 atom stereocenters. The van der Waals surface area contributed by atoms with Gasteiger partial charge in [-0.2, -0.15) is 5.26 Å². The van der Waals surface area contributed by atoms with Crippen LogP contribution in [0.3, 0.4) is 0 Å². The number of nitrogens with one attached hydrogen (secondary N) is 1. The Morgan fingerprint density at radius 3 is 2.79 bits per heavy atom. The molecule has 24 heavy (non-hydrogen) atoms. The van der Waals surface area contributed by atoms with Crippen molar-refractivity contribution in [2.75, 3.05) is 20.2 Å². The Labute approximate surface area is 142 Å². The maximum Gasteiger partial charge on any atom is 0.234 e. The second-order valence-corrected chi connectivity index (χ2v) is 5.91. The first kappa shape index (κ1) is 17.8. The monoisotopic (exact) mass is 329 g/mol. The maximum atomic E-state index is 12.3. The first-order chi connectivity index (χ1) is 11.6. The molecule has 1 N–H and O–H groups in total. The quantitative estimate of drug-likeness (QED) is 0.860. The Balaban J connectivity index is 1.74. The summed E-state index contributed by atoms with van der Waals surface area (Å²) in [6.45, 7) is 1.29. The lowest BCUT2D eigenvalue weighted by molar-refractivity contribution is -0.132. The summed E-state index contributed by atoms with van der Waals surface area (Å²) in [7, 11) is 1.63. The van der Waals surface area contributed by atoms with Gasteiger partial charge < -0.3 is 15.0 Å². The van der Waals surface area contributed by atoms with Crippen molar-refractivity contribution in [3.05, 3.63) is 29.8 Å². The van der Waals surface area contributed by atoms with E-state index in [0.29, 0.717) is 25.9 Å². The van der Waals surface area contributed by atoms with Crippen molar-refractivity contribution < 1.29 is 14.3 Å². The van der Waals surface area contributed by atoms with Gasteiger partial charge in [0, 0.05) is 25.6 Å². The number of hydrogen-bond donors (Lipinski definition) is 1. The third kappa shape index (κ3) is 5.27.